The molecule has 4 heterocycles. The number of benzene rings is 2. The molecule has 0 saturated carbocycles. The van der Waals surface area contributed by atoms with Gasteiger partial charge in [0.05, 0.1) is 30.7 Å². The average Bonchev–Trinajstić information content (AvgIpc) is 3.46. The summed E-state index contributed by atoms with van der Waals surface area (Å²) in [6, 6.07) is 12.7. The number of aliphatic hydroxyl groups excluding tert-OH is 1. The number of cyclic esters (lactones) is 1. The van der Waals surface area contributed by atoms with Gasteiger partial charge in [-0.1, -0.05) is 86.7 Å². The van der Waals surface area contributed by atoms with E-state index in [0.29, 0.717) is 18.4 Å². The lowest BCUT2D eigenvalue weighted by atomic mass is 9.77. The summed E-state index contributed by atoms with van der Waals surface area (Å²) in [5.74, 6) is -3.66. The Morgan fingerprint density at radius 1 is 0.980 bits per heavy atom. The number of carbonyl (C=O) groups excluding carboxylic acids is 4. The van der Waals surface area contributed by atoms with Crippen molar-refractivity contribution in [1.82, 2.24) is 10.2 Å². The van der Waals surface area contributed by atoms with Crippen LogP contribution in [0.2, 0.25) is 0 Å². The van der Waals surface area contributed by atoms with Crippen LogP contribution in [0.25, 0.3) is 0 Å². The van der Waals surface area contributed by atoms with Gasteiger partial charge < -0.3 is 29.7 Å². The molecule has 0 unspecified atom stereocenters. The summed E-state index contributed by atoms with van der Waals surface area (Å²) in [5, 5.41) is 13.7. The zero-order valence-corrected chi connectivity index (χ0v) is 28.9. The van der Waals surface area contributed by atoms with Crippen molar-refractivity contribution < 1.29 is 33.8 Å². The molecule has 4 aliphatic heterocycles. The molecule has 0 aliphatic carbocycles. The Hall–Kier alpha value is -4.28. The predicted octanol–water partition coefficient (Wildman–Crippen LogP) is 4.33. The van der Waals surface area contributed by atoms with Gasteiger partial charge in [-0.05, 0) is 56.2 Å². The number of esters is 1. The molecule has 0 bridgehead atoms. The van der Waals surface area contributed by atoms with Gasteiger partial charge in [0.15, 0.2) is 0 Å². The lowest BCUT2D eigenvalue weighted by Gasteiger charge is -2.39. The van der Waals surface area contributed by atoms with Crippen molar-refractivity contribution in [2.24, 2.45) is 17.8 Å². The molecule has 2 saturated heterocycles. The number of nitrogens with one attached hydrogen (secondary N) is 1. The van der Waals surface area contributed by atoms with Gasteiger partial charge in [-0.25, -0.2) is 0 Å². The minimum absolute atomic E-state index is 0.110. The van der Waals surface area contributed by atoms with Gasteiger partial charge in [-0.2, -0.15) is 0 Å². The summed E-state index contributed by atoms with van der Waals surface area (Å²) < 4.78 is 13.2. The van der Waals surface area contributed by atoms with Gasteiger partial charge in [0, 0.05) is 18.7 Å². The van der Waals surface area contributed by atoms with Crippen LogP contribution in [0.5, 0.6) is 0 Å². The number of nitrogens with zero attached hydrogens (tertiary/aromatic N) is 2. The van der Waals surface area contributed by atoms with Crippen LogP contribution >= 0.6 is 0 Å². The minimum Gasteiger partial charge on any atom is -0.455 e. The second-order valence-corrected chi connectivity index (χ2v) is 14.2. The Morgan fingerprint density at radius 3 is 2.37 bits per heavy atom. The molecule has 4 aliphatic rings. The second kappa shape index (κ2) is 13.9. The van der Waals surface area contributed by atoms with E-state index in [1.54, 1.807) is 30.1 Å². The zero-order chi connectivity index (χ0) is 35.0. The fraction of sp³-hybridized carbons (Fsp3) is 0.487. The van der Waals surface area contributed by atoms with Gasteiger partial charge >= 0.3 is 5.97 Å². The molecule has 2 fully saturated rings. The van der Waals surface area contributed by atoms with Crippen LogP contribution in [0.3, 0.4) is 0 Å². The molecule has 2 N–H and O–H groups in total. The Kier molecular flexibility index (Phi) is 9.82. The number of rotatable bonds is 6. The van der Waals surface area contributed by atoms with Crippen LogP contribution in [0.1, 0.15) is 62.8 Å². The fourth-order valence-corrected chi connectivity index (χ4v) is 8.29. The van der Waals surface area contributed by atoms with Crippen molar-refractivity contribution in [3.05, 3.63) is 89.5 Å². The van der Waals surface area contributed by atoms with E-state index in [1.807, 2.05) is 82.3 Å². The summed E-state index contributed by atoms with van der Waals surface area (Å²) in [6.07, 6.45) is 6.50. The third kappa shape index (κ3) is 6.21. The van der Waals surface area contributed by atoms with Crippen molar-refractivity contribution in [2.75, 3.05) is 18.1 Å². The van der Waals surface area contributed by atoms with E-state index in [9.17, 15) is 19.5 Å². The molecule has 8 atom stereocenters. The molecule has 260 valence electrons. The highest BCUT2D eigenvalue weighted by molar-refractivity contribution is 6.06. The van der Waals surface area contributed by atoms with Crippen LogP contribution in [0.4, 0.5) is 5.69 Å². The Labute approximate surface area is 288 Å². The summed E-state index contributed by atoms with van der Waals surface area (Å²) in [7, 11) is 0. The number of aryl methyl sites for hydroxylation is 2. The van der Waals surface area contributed by atoms with Crippen molar-refractivity contribution in [3.63, 3.8) is 0 Å². The third-order valence-electron chi connectivity index (χ3n) is 10.3. The second-order valence-electron chi connectivity index (χ2n) is 14.2. The number of aliphatic hydroxyl groups is 1. The molecule has 10 heteroatoms. The Bertz CT molecular complexity index is 1630. The van der Waals surface area contributed by atoms with Crippen molar-refractivity contribution in [3.8, 4) is 0 Å². The van der Waals surface area contributed by atoms with Crippen molar-refractivity contribution >= 4 is 29.4 Å². The molecule has 6 rings (SSSR count). The van der Waals surface area contributed by atoms with Gasteiger partial charge in [0.25, 0.3) is 5.91 Å². The summed E-state index contributed by atoms with van der Waals surface area (Å²) >= 11 is 0. The van der Waals surface area contributed by atoms with Crippen molar-refractivity contribution in [1.29, 1.82) is 0 Å². The number of hydrogen-bond donors (Lipinski definition) is 2. The van der Waals surface area contributed by atoms with E-state index in [4.69, 9.17) is 9.47 Å². The quantitative estimate of drug-likeness (QED) is 0.347. The third-order valence-corrected chi connectivity index (χ3v) is 10.3. The number of amides is 3. The van der Waals surface area contributed by atoms with Crippen LogP contribution in [0.15, 0.2) is 72.8 Å². The number of carbonyl (C=O) groups is 4. The van der Waals surface area contributed by atoms with Gasteiger partial charge in [0.1, 0.15) is 23.7 Å². The predicted molar refractivity (Wildman–Crippen MR) is 184 cm³/mol. The topological polar surface area (TPSA) is 125 Å². The number of hydrogen-bond acceptors (Lipinski definition) is 7. The van der Waals surface area contributed by atoms with E-state index in [0.717, 1.165) is 16.8 Å². The molecular weight excluding hydrogens is 622 g/mol. The van der Waals surface area contributed by atoms with Crippen LogP contribution < -0.4 is 10.2 Å². The molecular formula is C39H47N3O7. The summed E-state index contributed by atoms with van der Waals surface area (Å²) in [4.78, 5) is 60.5. The summed E-state index contributed by atoms with van der Waals surface area (Å²) in [5.41, 5.74) is 1.77. The number of fused-ring (bicyclic) bond motifs is 2. The normalized spacial score (nSPS) is 31.6. The Morgan fingerprint density at radius 2 is 1.69 bits per heavy atom. The number of allylic oxidation sites excluding steroid dienone is 1. The lowest BCUT2D eigenvalue weighted by Crippen LogP contribution is -2.58. The SMILES string of the molecule is Cc1cccc(C)c1N1CC=C[C@@]23O[C@H]4/C=C\CCC(=O)N[C@@H](C)[C@H](c5ccccc5)OC(=O)[C@H]4[C@@H]2C(=O)N([C@@H](CO)CC(C)C)[C@H]3C1=O. The molecule has 0 aromatic heterocycles. The molecule has 2 aromatic carbocycles. The van der Waals surface area contributed by atoms with Crippen LogP contribution in [-0.4, -0.2) is 76.7 Å². The van der Waals surface area contributed by atoms with E-state index in [1.165, 1.54) is 4.90 Å². The zero-order valence-electron chi connectivity index (χ0n) is 28.9. The molecule has 2 aromatic rings. The highest BCUT2D eigenvalue weighted by atomic mass is 16.6. The Balaban J connectivity index is 1.49. The maximum absolute atomic E-state index is 15.0. The standard InChI is InChI=1S/C39H47N3O7/c1-23(2)21-28(22-43)42-35-37(46)41(33-24(3)13-11-14-25(33)4)20-12-19-39(35)32(36(42)45)31-29(49-39)17-9-10-18-30(44)40-26(5)34(48-38(31)47)27-15-7-6-8-16-27/h6-9,11-17,19,23,26,28-29,31-32,34-35,43H,10,18,20-22H2,1-5H3,(H,40,44)/b17-9-/t26-,28+,29-,31+,32+,34+,35-,39+/m0/s1. The van der Waals surface area contributed by atoms with Crippen LogP contribution in [0, 0.1) is 31.6 Å². The lowest BCUT2D eigenvalue weighted by molar-refractivity contribution is -0.162. The average molecular weight is 670 g/mol. The largest absolute Gasteiger partial charge is 0.455 e. The minimum atomic E-state index is -1.51. The van der Waals surface area contributed by atoms with E-state index >= 15 is 4.79 Å². The molecule has 49 heavy (non-hydrogen) atoms. The maximum Gasteiger partial charge on any atom is 0.313 e. The fourth-order valence-electron chi connectivity index (χ4n) is 8.29. The summed E-state index contributed by atoms with van der Waals surface area (Å²) in [6.45, 7) is 9.59. The highest BCUT2D eigenvalue weighted by Gasteiger charge is 2.72. The highest BCUT2D eigenvalue weighted by Crippen LogP contribution is 2.54. The molecule has 1 spiro atoms. The first kappa shape index (κ1) is 34.6. The number of anilines is 1. The van der Waals surface area contributed by atoms with Crippen LogP contribution in [-0.2, 0) is 28.7 Å². The molecule has 0 radical (unpaired) electrons. The first-order valence-corrected chi connectivity index (χ1v) is 17.4. The first-order chi connectivity index (χ1) is 23.5. The smallest absolute Gasteiger partial charge is 0.313 e. The van der Waals surface area contributed by atoms with Gasteiger partial charge in [-0.3, -0.25) is 19.2 Å². The number of para-hydroxylation sites is 1. The number of ether oxygens (including phenoxy) is 2. The van der Waals surface area contributed by atoms with E-state index in [-0.39, 0.29) is 37.3 Å². The maximum atomic E-state index is 15.0. The molecule has 10 nitrogen and oxygen atoms in total. The van der Waals surface area contributed by atoms with E-state index in [2.05, 4.69) is 5.32 Å². The first-order valence-electron chi connectivity index (χ1n) is 17.4. The number of likely N-dealkylation sites (tertiary alicyclic amines) is 1. The monoisotopic (exact) mass is 669 g/mol. The molecule has 3 amide bonds. The van der Waals surface area contributed by atoms with E-state index < -0.39 is 59.6 Å². The van der Waals surface area contributed by atoms with Gasteiger partial charge in [0.2, 0.25) is 11.8 Å². The van der Waals surface area contributed by atoms with Crippen molar-refractivity contribution in [2.45, 2.75) is 89.8 Å². The van der Waals surface area contributed by atoms with Gasteiger partial charge in [-0.15, -0.1) is 0 Å².